The molecule has 3 heteroatoms. The second-order valence-electron chi connectivity index (χ2n) is 4.26. The summed E-state index contributed by atoms with van der Waals surface area (Å²) in [7, 11) is 0. The van der Waals surface area contributed by atoms with Gasteiger partial charge in [0.1, 0.15) is 11.0 Å². The van der Waals surface area contributed by atoms with E-state index in [-0.39, 0.29) is 0 Å². The van der Waals surface area contributed by atoms with Crippen LogP contribution in [0.3, 0.4) is 0 Å². The van der Waals surface area contributed by atoms with Gasteiger partial charge in [-0.05, 0) is 18.9 Å². The summed E-state index contributed by atoms with van der Waals surface area (Å²) in [5, 5.41) is 0.589. The molecule has 0 saturated heterocycles. The molecular formula is C11H15ClN2. The van der Waals surface area contributed by atoms with Crippen LogP contribution in [0.1, 0.15) is 56.5 Å². The van der Waals surface area contributed by atoms with Crippen molar-refractivity contribution < 1.29 is 0 Å². The molecule has 1 aromatic heterocycles. The van der Waals surface area contributed by atoms with Gasteiger partial charge in [-0.25, -0.2) is 9.97 Å². The topological polar surface area (TPSA) is 25.8 Å². The first-order valence-corrected chi connectivity index (χ1v) is 5.59. The van der Waals surface area contributed by atoms with Crippen LogP contribution in [-0.2, 0) is 0 Å². The smallest absolute Gasteiger partial charge is 0.133 e. The number of hydrogen-bond acceptors (Lipinski definition) is 2. The lowest BCUT2D eigenvalue weighted by molar-refractivity contribution is 0.409. The first-order valence-electron chi connectivity index (χ1n) is 5.21. The van der Waals surface area contributed by atoms with E-state index in [1.807, 2.05) is 6.07 Å². The van der Waals surface area contributed by atoms with Gasteiger partial charge in [0.15, 0.2) is 0 Å². The minimum absolute atomic E-state index is 0.354. The van der Waals surface area contributed by atoms with Gasteiger partial charge in [0, 0.05) is 17.5 Å². The lowest BCUT2D eigenvalue weighted by atomic mass is 9.83. The maximum atomic E-state index is 5.97. The third-order valence-corrected chi connectivity index (χ3v) is 2.97. The fourth-order valence-corrected chi connectivity index (χ4v) is 1.82. The van der Waals surface area contributed by atoms with Crippen LogP contribution in [0.2, 0.25) is 5.15 Å². The average Bonchev–Trinajstić information content (AvgIpc) is 1.99. The first kappa shape index (κ1) is 9.91. The fraction of sp³-hybridized carbons (Fsp3) is 0.636. The number of hydrogen-bond donors (Lipinski definition) is 0. The maximum absolute atomic E-state index is 5.97. The molecule has 0 unspecified atom stereocenters. The molecule has 0 amide bonds. The molecule has 1 saturated carbocycles. The van der Waals surface area contributed by atoms with Crippen molar-refractivity contribution in [2.45, 2.75) is 44.9 Å². The van der Waals surface area contributed by atoms with Crippen molar-refractivity contribution >= 4 is 11.6 Å². The third-order valence-electron chi connectivity index (χ3n) is 2.77. The minimum atomic E-state index is 0.354. The van der Waals surface area contributed by atoms with Gasteiger partial charge >= 0.3 is 0 Å². The highest BCUT2D eigenvalue weighted by molar-refractivity contribution is 6.29. The van der Waals surface area contributed by atoms with Gasteiger partial charge in [-0.2, -0.15) is 0 Å². The van der Waals surface area contributed by atoms with Crippen LogP contribution in [0.15, 0.2) is 6.07 Å². The summed E-state index contributed by atoms with van der Waals surface area (Å²) in [5.74, 6) is 1.86. The van der Waals surface area contributed by atoms with Crippen LogP contribution in [0.5, 0.6) is 0 Å². The summed E-state index contributed by atoms with van der Waals surface area (Å²) in [4.78, 5) is 8.79. The van der Waals surface area contributed by atoms with E-state index in [4.69, 9.17) is 11.6 Å². The average molecular weight is 211 g/mol. The molecule has 1 aliphatic rings. The molecule has 1 aromatic rings. The summed E-state index contributed by atoms with van der Waals surface area (Å²) in [6, 6.07) is 1.91. The Morgan fingerprint density at radius 3 is 2.57 bits per heavy atom. The molecule has 0 bridgehead atoms. The Kier molecular flexibility index (Phi) is 2.73. The first-order chi connectivity index (χ1) is 6.66. The molecule has 0 atom stereocenters. The second-order valence-corrected chi connectivity index (χ2v) is 4.64. The zero-order valence-electron chi connectivity index (χ0n) is 8.63. The second kappa shape index (κ2) is 3.85. The molecule has 76 valence electrons. The predicted octanol–water partition coefficient (Wildman–Crippen LogP) is 3.52. The van der Waals surface area contributed by atoms with Crippen LogP contribution < -0.4 is 0 Å². The van der Waals surface area contributed by atoms with Crippen LogP contribution >= 0.6 is 11.6 Å². The highest BCUT2D eigenvalue weighted by Crippen LogP contribution is 2.36. The van der Waals surface area contributed by atoms with Crippen molar-refractivity contribution in [3.63, 3.8) is 0 Å². The van der Waals surface area contributed by atoms with Crippen LogP contribution in [0, 0.1) is 0 Å². The van der Waals surface area contributed by atoms with Crippen molar-refractivity contribution in [3.05, 3.63) is 22.7 Å². The summed E-state index contributed by atoms with van der Waals surface area (Å²) in [5.41, 5.74) is 1.14. The van der Waals surface area contributed by atoms with Gasteiger partial charge in [-0.1, -0.05) is 31.9 Å². The van der Waals surface area contributed by atoms with Gasteiger partial charge < -0.3 is 0 Å². The number of nitrogens with zero attached hydrogens (tertiary/aromatic N) is 2. The summed E-state index contributed by atoms with van der Waals surface area (Å²) >= 11 is 5.97. The molecule has 1 heterocycles. The number of aromatic nitrogens is 2. The monoisotopic (exact) mass is 210 g/mol. The van der Waals surface area contributed by atoms with E-state index >= 15 is 0 Å². The molecule has 1 aliphatic carbocycles. The third kappa shape index (κ3) is 1.90. The normalized spacial score (nSPS) is 17.1. The van der Waals surface area contributed by atoms with Gasteiger partial charge in [-0.3, -0.25) is 0 Å². The largest absolute Gasteiger partial charge is 0.237 e. The van der Waals surface area contributed by atoms with E-state index in [2.05, 4.69) is 23.8 Å². The van der Waals surface area contributed by atoms with Crippen LogP contribution in [0.4, 0.5) is 0 Å². The minimum Gasteiger partial charge on any atom is -0.237 e. The van der Waals surface area contributed by atoms with E-state index in [0.717, 1.165) is 11.5 Å². The van der Waals surface area contributed by atoms with Gasteiger partial charge in [0.2, 0.25) is 0 Å². The Bertz CT molecular complexity index is 332. The van der Waals surface area contributed by atoms with Crippen molar-refractivity contribution in [1.29, 1.82) is 0 Å². The Morgan fingerprint density at radius 1 is 1.36 bits per heavy atom. The Balaban J connectivity index is 2.30. The molecule has 0 aromatic carbocycles. The maximum Gasteiger partial charge on any atom is 0.133 e. The van der Waals surface area contributed by atoms with E-state index in [1.54, 1.807) is 0 Å². The number of halogens is 1. The van der Waals surface area contributed by atoms with Gasteiger partial charge in [-0.15, -0.1) is 0 Å². The summed E-state index contributed by atoms with van der Waals surface area (Å²) < 4.78 is 0. The zero-order chi connectivity index (χ0) is 10.1. The van der Waals surface area contributed by atoms with Crippen LogP contribution in [-0.4, -0.2) is 9.97 Å². The van der Waals surface area contributed by atoms with Crippen molar-refractivity contribution in [2.75, 3.05) is 0 Å². The molecule has 2 nitrogen and oxygen atoms in total. The fourth-order valence-electron chi connectivity index (χ4n) is 1.62. The molecule has 0 spiro atoms. The van der Waals surface area contributed by atoms with Crippen molar-refractivity contribution in [3.8, 4) is 0 Å². The Hall–Kier alpha value is -0.630. The quantitative estimate of drug-likeness (QED) is 0.698. The standard InChI is InChI=1S/C11H15ClN2/c1-7(2)11-13-9(6-10(12)14-11)8-4-3-5-8/h6-8H,3-5H2,1-2H3. The number of rotatable bonds is 2. The summed E-state index contributed by atoms with van der Waals surface area (Å²) in [6.45, 7) is 4.19. The van der Waals surface area contributed by atoms with E-state index in [0.29, 0.717) is 17.0 Å². The molecular weight excluding hydrogens is 196 g/mol. The molecule has 14 heavy (non-hydrogen) atoms. The van der Waals surface area contributed by atoms with Crippen LogP contribution in [0.25, 0.3) is 0 Å². The molecule has 0 N–H and O–H groups in total. The predicted molar refractivity (Wildman–Crippen MR) is 57.7 cm³/mol. The highest BCUT2D eigenvalue weighted by Gasteiger charge is 2.22. The summed E-state index contributed by atoms with van der Waals surface area (Å²) in [6.07, 6.45) is 3.83. The SMILES string of the molecule is CC(C)c1nc(Cl)cc(C2CCC2)n1. The Labute approximate surface area is 89.7 Å². The lowest BCUT2D eigenvalue weighted by Gasteiger charge is -2.25. The zero-order valence-corrected chi connectivity index (χ0v) is 9.38. The van der Waals surface area contributed by atoms with E-state index < -0.39 is 0 Å². The highest BCUT2D eigenvalue weighted by atomic mass is 35.5. The molecule has 0 radical (unpaired) electrons. The van der Waals surface area contributed by atoms with Crippen molar-refractivity contribution in [2.24, 2.45) is 0 Å². The van der Waals surface area contributed by atoms with E-state index in [9.17, 15) is 0 Å². The molecule has 0 aliphatic heterocycles. The Morgan fingerprint density at radius 2 is 2.07 bits per heavy atom. The van der Waals surface area contributed by atoms with Crippen molar-refractivity contribution in [1.82, 2.24) is 9.97 Å². The van der Waals surface area contributed by atoms with Gasteiger partial charge in [0.25, 0.3) is 0 Å². The molecule has 2 rings (SSSR count). The molecule has 1 fully saturated rings. The lowest BCUT2D eigenvalue weighted by Crippen LogP contribution is -2.12. The van der Waals surface area contributed by atoms with E-state index in [1.165, 1.54) is 19.3 Å². The van der Waals surface area contributed by atoms with Gasteiger partial charge in [0.05, 0.1) is 0 Å².